The molecule has 0 aliphatic heterocycles. The van der Waals surface area contributed by atoms with Crippen molar-refractivity contribution in [3.05, 3.63) is 0 Å². The van der Waals surface area contributed by atoms with Gasteiger partial charge in [0.15, 0.2) is 0 Å². The number of rotatable bonds is 7. The summed E-state index contributed by atoms with van der Waals surface area (Å²) < 4.78 is 0. The highest BCUT2D eigenvalue weighted by Crippen LogP contribution is 1.89. The Balaban J connectivity index is 3.42. The molecule has 2 amide bonds. The van der Waals surface area contributed by atoms with Crippen LogP contribution in [-0.4, -0.2) is 30.2 Å². The molecule has 0 heterocycles. The van der Waals surface area contributed by atoms with E-state index in [9.17, 15) is 9.59 Å². The Morgan fingerprint density at radius 3 is 2.27 bits per heavy atom. The summed E-state index contributed by atoms with van der Waals surface area (Å²) in [5.74, 6) is 0.420. The lowest BCUT2D eigenvalue weighted by atomic mass is 10.2. The van der Waals surface area contributed by atoms with Crippen LogP contribution < -0.4 is 10.6 Å². The molecule has 2 N–H and O–H groups in total. The third kappa shape index (κ3) is 9.72. The molecule has 0 aliphatic rings. The lowest BCUT2D eigenvalue weighted by molar-refractivity contribution is -0.122. The maximum atomic E-state index is 11.2. The molecular formula is C10H19BrN2O2. The van der Waals surface area contributed by atoms with E-state index in [0.29, 0.717) is 37.2 Å². The second-order valence-electron chi connectivity index (χ2n) is 3.74. The van der Waals surface area contributed by atoms with Crippen molar-refractivity contribution < 1.29 is 9.59 Å². The van der Waals surface area contributed by atoms with Gasteiger partial charge in [-0.15, -0.1) is 0 Å². The first-order valence-corrected chi connectivity index (χ1v) is 6.27. The first-order chi connectivity index (χ1) is 7.06. The lowest BCUT2D eigenvalue weighted by Crippen LogP contribution is -2.32. The second kappa shape index (κ2) is 8.71. The number of hydrogen-bond acceptors (Lipinski definition) is 2. The molecule has 0 rings (SSSR count). The largest absolute Gasteiger partial charge is 0.356 e. The average molecular weight is 279 g/mol. The molecule has 0 aliphatic carbocycles. The van der Waals surface area contributed by atoms with Crippen molar-refractivity contribution in [1.29, 1.82) is 0 Å². The molecule has 0 radical (unpaired) electrons. The fourth-order valence-corrected chi connectivity index (χ4v) is 1.26. The summed E-state index contributed by atoms with van der Waals surface area (Å²) in [5.41, 5.74) is 0. The average Bonchev–Trinajstić information content (AvgIpc) is 2.15. The summed E-state index contributed by atoms with van der Waals surface area (Å²) in [4.78, 5) is 22.2. The standard InChI is InChI=1S/C10H19BrN2O2/c1-8(2)7-13-10(15)4-6-12-9(14)3-5-11/h8H,3-7H2,1-2H3,(H,12,14)(H,13,15). The number of carbonyl (C=O) groups excluding carboxylic acids is 2. The highest BCUT2D eigenvalue weighted by Gasteiger charge is 2.03. The van der Waals surface area contributed by atoms with Crippen LogP contribution in [0.15, 0.2) is 0 Å². The van der Waals surface area contributed by atoms with Gasteiger partial charge < -0.3 is 10.6 Å². The topological polar surface area (TPSA) is 58.2 Å². The molecular weight excluding hydrogens is 260 g/mol. The maximum Gasteiger partial charge on any atom is 0.221 e. The van der Waals surface area contributed by atoms with Crippen LogP contribution in [0.5, 0.6) is 0 Å². The SMILES string of the molecule is CC(C)CNC(=O)CCNC(=O)CCBr. The highest BCUT2D eigenvalue weighted by molar-refractivity contribution is 9.09. The van der Waals surface area contributed by atoms with E-state index in [0.717, 1.165) is 0 Å². The number of amides is 2. The van der Waals surface area contributed by atoms with Crippen LogP contribution in [0.2, 0.25) is 0 Å². The van der Waals surface area contributed by atoms with Gasteiger partial charge in [0.05, 0.1) is 0 Å². The second-order valence-corrected chi connectivity index (χ2v) is 4.53. The zero-order valence-electron chi connectivity index (χ0n) is 9.31. The Kier molecular flexibility index (Phi) is 8.37. The fraction of sp³-hybridized carbons (Fsp3) is 0.800. The van der Waals surface area contributed by atoms with Gasteiger partial charge in [-0.2, -0.15) is 0 Å². The van der Waals surface area contributed by atoms with Gasteiger partial charge in [0.1, 0.15) is 0 Å². The molecule has 0 aromatic rings. The van der Waals surface area contributed by atoms with Crippen LogP contribution in [0.25, 0.3) is 0 Å². The highest BCUT2D eigenvalue weighted by atomic mass is 79.9. The molecule has 0 aromatic carbocycles. The molecule has 0 saturated heterocycles. The van der Waals surface area contributed by atoms with Gasteiger partial charge in [0.2, 0.25) is 11.8 Å². The van der Waals surface area contributed by atoms with Crippen LogP contribution in [0.4, 0.5) is 0 Å². The Labute approximate surface area is 99.3 Å². The predicted octanol–water partition coefficient (Wildman–Crippen LogP) is 1.05. The number of hydrogen-bond donors (Lipinski definition) is 2. The summed E-state index contributed by atoms with van der Waals surface area (Å²) in [7, 11) is 0. The number of alkyl halides is 1. The molecule has 0 unspecified atom stereocenters. The number of carbonyl (C=O) groups is 2. The van der Waals surface area contributed by atoms with Gasteiger partial charge in [0.25, 0.3) is 0 Å². The molecule has 0 atom stereocenters. The summed E-state index contributed by atoms with van der Waals surface area (Å²) in [6, 6.07) is 0. The third-order valence-corrected chi connectivity index (χ3v) is 2.10. The lowest BCUT2D eigenvalue weighted by Gasteiger charge is -2.07. The molecule has 15 heavy (non-hydrogen) atoms. The maximum absolute atomic E-state index is 11.2. The van der Waals surface area contributed by atoms with Crippen molar-refractivity contribution >= 4 is 27.7 Å². The predicted molar refractivity (Wildman–Crippen MR) is 63.9 cm³/mol. The Bertz CT molecular complexity index is 208. The summed E-state index contributed by atoms with van der Waals surface area (Å²) in [6.07, 6.45) is 0.800. The van der Waals surface area contributed by atoms with Crippen LogP contribution in [0.1, 0.15) is 26.7 Å². The van der Waals surface area contributed by atoms with E-state index in [1.54, 1.807) is 0 Å². The minimum absolute atomic E-state index is 0.0113. The van der Waals surface area contributed by atoms with Crippen molar-refractivity contribution in [3.63, 3.8) is 0 Å². The molecule has 0 fully saturated rings. The zero-order valence-corrected chi connectivity index (χ0v) is 10.9. The van der Waals surface area contributed by atoms with Gasteiger partial charge in [0, 0.05) is 31.3 Å². The molecule has 0 spiro atoms. The monoisotopic (exact) mass is 278 g/mol. The Morgan fingerprint density at radius 1 is 1.13 bits per heavy atom. The van der Waals surface area contributed by atoms with Crippen molar-refractivity contribution in [3.8, 4) is 0 Å². The first kappa shape index (κ1) is 14.4. The zero-order chi connectivity index (χ0) is 11.7. The van der Waals surface area contributed by atoms with Gasteiger partial charge in [-0.05, 0) is 5.92 Å². The van der Waals surface area contributed by atoms with E-state index >= 15 is 0 Å². The van der Waals surface area contributed by atoms with Crippen molar-refractivity contribution in [2.45, 2.75) is 26.7 Å². The Morgan fingerprint density at radius 2 is 1.73 bits per heavy atom. The van der Waals surface area contributed by atoms with E-state index in [-0.39, 0.29) is 11.8 Å². The summed E-state index contributed by atoms with van der Waals surface area (Å²) in [5, 5.41) is 6.11. The van der Waals surface area contributed by atoms with Gasteiger partial charge in [-0.1, -0.05) is 29.8 Å². The Hall–Kier alpha value is -0.580. The van der Waals surface area contributed by atoms with Crippen LogP contribution in [0, 0.1) is 5.92 Å². The number of nitrogens with one attached hydrogen (secondary N) is 2. The van der Waals surface area contributed by atoms with Crippen molar-refractivity contribution in [2.75, 3.05) is 18.4 Å². The normalized spacial score (nSPS) is 10.1. The van der Waals surface area contributed by atoms with E-state index < -0.39 is 0 Å². The third-order valence-electron chi connectivity index (χ3n) is 1.70. The van der Waals surface area contributed by atoms with Gasteiger partial charge in [-0.25, -0.2) is 0 Å². The van der Waals surface area contributed by atoms with Gasteiger partial charge in [-0.3, -0.25) is 9.59 Å². The molecule has 0 bridgehead atoms. The molecule has 5 heteroatoms. The summed E-state index contributed by atoms with van der Waals surface area (Å²) >= 11 is 3.17. The van der Waals surface area contributed by atoms with Gasteiger partial charge >= 0.3 is 0 Å². The summed E-state index contributed by atoms with van der Waals surface area (Å²) in [6.45, 7) is 5.18. The van der Waals surface area contributed by atoms with E-state index in [4.69, 9.17) is 0 Å². The van der Waals surface area contributed by atoms with E-state index in [1.165, 1.54) is 0 Å². The van der Waals surface area contributed by atoms with Crippen molar-refractivity contribution in [2.24, 2.45) is 5.92 Å². The molecule has 0 aromatic heterocycles. The minimum atomic E-state index is -0.0245. The molecule has 4 nitrogen and oxygen atoms in total. The first-order valence-electron chi connectivity index (χ1n) is 5.15. The van der Waals surface area contributed by atoms with E-state index in [1.807, 2.05) is 13.8 Å². The molecule has 88 valence electrons. The van der Waals surface area contributed by atoms with E-state index in [2.05, 4.69) is 26.6 Å². The van der Waals surface area contributed by atoms with Crippen LogP contribution >= 0.6 is 15.9 Å². The quantitative estimate of drug-likeness (QED) is 0.684. The molecule has 0 saturated carbocycles. The van der Waals surface area contributed by atoms with Crippen LogP contribution in [-0.2, 0) is 9.59 Å². The van der Waals surface area contributed by atoms with Crippen molar-refractivity contribution in [1.82, 2.24) is 10.6 Å². The smallest absolute Gasteiger partial charge is 0.221 e. The fourth-order valence-electron chi connectivity index (χ4n) is 0.896. The minimum Gasteiger partial charge on any atom is -0.356 e. The van der Waals surface area contributed by atoms with Crippen LogP contribution in [0.3, 0.4) is 0 Å². The number of halogens is 1.